The Labute approximate surface area is 166 Å². The van der Waals surface area contributed by atoms with Gasteiger partial charge in [0.25, 0.3) is 0 Å². The van der Waals surface area contributed by atoms with Crippen LogP contribution < -0.4 is 0 Å². The van der Waals surface area contributed by atoms with E-state index < -0.39 is 53.1 Å². The van der Waals surface area contributed by atoms with E-state index in [1.807, 2.05) is 0 Å². The Kier molecular flexibility index (Phi) is 8.81. The third-order valence-electron chi connectivity index (χ3n) is 5.07. The third-order valence-corrected chi connectivity index (χ3v) is 6.88. The highest BCUT2D eigenvalue weighted by Crippen LogP contribution is 2.36. The van der Waals surface area contributed by atoms with Crippen LogP contribution in [0.15, 0.2) is 35.2 Å². The predicted molar refractivity (Wildman–Crippen MR) is 102 cm³/mol. The van der Waals surface area contributed by atoms with Crippen LogP contribution in [-0.4, -0.2) is 83.0 Å². The van der Waals surface area contributed by atoms with Crippen molar-refractivity contribution in [2.24, 2.45) is 5.92 Å². The molecular formula is C19H30O8S. The predicted octanol–water partition coefficient (Wildman–Crippen LogP) is 0.611. The van der Waals surface area contributed by atoms with Crippen molar-refractivity contribution in [3.05, 3.63) is 30.3 Å². The van der Waals surface area contributed by atoms with Crippen LogP contribution >= 0.6 is 0 Å². The molecule has 0 spiro atoms. The van der Waals surface area contributed by atoms with E-state index >= 15 is 0 Å². The topological polar surface area (TPSA) is 112 Å². The van der Waals surface area contributed by atoms with Crippen molar-refractivity contribution >= 4 is 9.84 Å². The molecule has 5 atom stereocenters. The summed E-state index contributed by atoms with van der Waals surface area (Å²) in [5.41, 5.74) is 0. The smallest absolute Gasteiger partial charge is 0.178 e. The van der Waals surface area contributed by atoms with Crippen LogP contribution in [0, 0.1) is 5.92 Å². The maximum Gasteiger partial charge on any atom is 0.178 e. The van der Waals surface area contributed by atoms with E-state index in [0.717, 1.165) is 0 Å². The fourth-order valence-electron chi connectivity index (χ4n) is 3.64. The SMILES string of the molecule is COC(C[C@@H]1O[C@H](C[C@H](O)CO)[C@H](OC)C1CS(=O)(=O)c1ccccc1)OC. The van der Waals surface area contributed by atoms with E-state index in [1.54, 1.807) is 30.3 Å². The molecule has 1 heterocycles. The molecule has 8 nitrogen and oxygen atoms in total. The van der Waals surface area contributed by atoms with Gasteiger partial charge >= 0.3 is 0 Å². The number of hydrogen-bond donors (Lipinski definition) is 2. The first-order valence-corrected chi connectivity index (χ1v) is 10.8. The molecule has 1 aliphatic rings. The highest BCUT2D eigenvalue weighted by atomic mass is 32.2. The van der Waals surface area contributed by atoms with Crippen LogP contribution in [0.2, 0.25) is 0 Å². The number of rotatable bonds is 11. The molecule has 2 rings (SSSR count). The lowest BCUT2D eigenvalue weighted by Crippen LogP contribution is -2.37. The van der Waals surface area contributed by atoms with Gasteiger partial charge in [0.05, 0.1) is 41.7 Å². The molecule has 0 aromatic heterocycles. The molecule has 0 aliphatic carbocycles. The molecule has 1 saturated heterocycles. The summed E-state index contributed by atoms with van der Waals surface area (Å²) >= 11 is 0. The fraction of sp³-hybridized carbons (Fsp3) is 0.684. The molecule has 1 aliphatic heterocycles. The second kappa shape index (κ2) is 10.6. The van der Waals surface area contributed by atoms with Crippen molar-refractivity contribution in [3.63, 3.8) is 0 Å². The molecule has 1 aromatic rings. The summed E-state index contributed by atoms with van der Waals surface area (Å²) in [4.78, 5) is 0.234. The molecule has 0 bridgehead atoms. The lowest BCUT2D eigenvalue weighted by molar-refractivity contribution is -0.132. The molecule has 28 heavy (non-hydrogen) atoms. The Morgan fingerprint density at radius 3 is 2.25 bits per heavy atom. The zero-order chi connectivity index (χ0) is 20.7. The number of benzene rings is 1. The molecule has 9 heteroatoms. The average Bonchev–Trinajstić information content (AvgIpc) is 3.01. The Hall–Kier alpha value is -1.07. The van der Waals surface area contributed by atoms with Crippen LogP contribution in [0.4, 0.5) is 0 Å². The first-order valence-electron chi connectivity index (χ1n) is 9.16. The average molecular weight is 419 g/mol. The van der Waals surface area contributed by atoms with E-state index in [2.05, 4.69) is 0 Å². The summed E-state index contributed by atoms with van der Waals surface area (Å²) in [5, 5.41) is 19.0. The zero-order valence-electron chi connectivity index (χ0n) is 16.4. The maximum absolute atomic E-state index is 12.9. The minimum atomic E-state index is -3.58. The van der Waals surface area contributed by atoms with E-state index in [-0.39, 0.29) is 17.1 Å². The lowest BCUT2D eigenvalue weighted by atomic mass is 9.94. The Morgan fingerprint density at radius 2 is 1.71 bits per heavy atom. The van der Waals surface area contributed by atoms with Crippen LogP contribution in [0.5, 0.6) is 0 Å². The van der Waals surface area contributed by atoms with Gasteiger partial charge in [-0.3, -0.25) is 0 Å². The normalized spacial score (nSPS) is 26.6. The second-order valence-electron chi connectivity index (χ2n) is 6.88. The summed E-state index contributed by atoms with van der Waals surface area (Å²) in [6.45, 7) is -0.410. The summed E-state index contributed by atoms with van der Waals surface area (Å²) in [5.74, 6) is -0.662. The van der Waals surface area contributed by atoms with E-state index in [4.69, 9.17) is 24.1 Å². The van der Waals surface area contributed by atoms with Crippen molar-refractivity contribution in [3.8, 4) is 0 Å². The van der Waals surface area contributed by atoms with E-state index in [1.165, 1.54) is 21.3 Å². The van der Waals surface area contributed by atoms with Gasteiger partial charge in [-0.25, -0.2) is 8.42 Å². The van der Waals surface area contributed by atoms with E-state index in [9.17, 15) is 13.5 Å². The monoisotopic (exact) mass is 418 g/mol. The van der Waals surface area contributed by atoms with Crippen molar-refractivity contribution < 1.29 is 37.6 Å². The van der Waals surface area contributed by atoms with Crippen molar-refractivity contribution in [1.82, 2.24) is 0 Å². The highest BCUT2D eigenvalue weighted by Gasteiger charge is 2.47. The maximum atomic E-state index is 12.9. The first-order chi connectivity index (χ1) is 13.4. The quantitative estimate of drug-likeness (QED) is 0.503. The van der Waals surface area contributed by atoms with Gasteiger partial charge in [-0.1, -0.05) is 18.2 Å². The third kappa shape index (κ3) is 5.73. The molecule has 0 saturated carbocycles. The molecule has 1 unspecified atom stereocenters. The number of ether oxygens (including phenoxy) is 4. The summed E-state index contributed by atoms with van der Waals surface area (Å²) in [6.07, 6.45) is -2.71. The van der Waals surface area contributed by atoms with Crippen LogP contribution in [0.1, 0.15) is 12.8 Å². The summed E-state index contributed by atoms with van der Waals surface area (Å²) in [6, 6.07) is 8.22. The van der Waals surface area contributed by atoms with Crippen LogP contribution in [0.25, 0.3) is 0 Å². The second-order valence-corrected chi connectivity index (χ2v) is 8.91. The zero-order valence-corrected chi connectivity index (χ0v) is 17.2. The first kappa shape index (κ1) is 23.2. The van der Waals surface area contributed by atoms with Gasteiger partial charge in [-0.15, -0.1) is 0 Å². The van der Waals surface area contributed by atoms with Crippen LogP contribution in [0.3, 0.4) is 0 Å². The number of sulfone groups is 1. The minimum Gasteiger partial charge on any atom is -0.394 e. The number of hydrogen-bond acceptors (Lipinski definition) is 8. The van der Waals surface area contributed by atoms with Crippen LogP contribution in [-0.2, 0) is 28.8 Å². The van der Waals surface area contributed by atoms with Gasteiger partial charge in [0.1, 0.15) is 0 Å². The molecule has 2 N–H and O–H groups in total. The van der Waals surface area contributed by atoms with Crippen molar-refractivity contribution in [2.75, 3.05) is 33.7 Å². The van der Waals surface area contributed by atoms with Gasteiger partial charge in [0.15, 0.2) is 16.1 Å². The molecular weight excluding hydrogens is 388 g/mol. The van der Waals surface area contributed by atoms with Gasteiger partial charge in [-0.05, 0) is 12.1 Å². The van der Waals surface area contributed by atoms with Gasteiger partial charge < -0.3 is 29.2 Å². The molecule has 1 aromatic carbocycles. The standard InChI is InChI=1S/C19H30O8S/c1-24-18(25-2)10-16-15(12-28(22,23)14-7-5-4-6-8-14)19(26-3)17(27-16)9-13(21)11-20/h4-8,13,15-21H,9-12H2,1-3H3/t13-,15?,16-,17+,19+/m0/s1. The lowest BCUT2D eigenvalue weighted by Gasteiger charge is -2.25. The summed E-state index contributed by atoms with van der Waals surface area (Å²) in [7, 11) is 0.907. The summed E-state index contributed by atoms with van der Waals surface area (Å²) < 4.78 is 48.0. The Morgan fingerprint density at radius 1 is 1.07 bits per heavy atom. The molecule has 0 radical (unpaired) electrons. The largest absolute Gasteiger partial charge is 0.394 e. The van der Waals surface area contributed by atoms with Crippen molar-refractivity contribution in [1.29, 1.82) is 0 Å². The number of aliphatic hydroxyl groups excluding tert-OH is 2. The highest BCUT2D eigenvalue weighted by molar-refractivity contribution is 7.91. The van der Waals surface area contributed by atoms with Gasteiger partial charge in [0, 0.05) is 40.1 Å². The fourth-order valence-corrected chi connectivity index (χ4v) is 5.31. The molecule has 0 amide bonds. The number of aliphatic hydroxyl groups is 2. The van der Waals surface area contributed by atoms with Gasteiger partial charge in [0.2, 0.25) is 0 Å². The van der Waals surface area contributed by atoms with Gasteiger partial charge in [-0.2, -0.15) is 0 Å². The number of methoxy groups -OCH3 is 3. The van der Waals surface area contributed by atoms with E-state index in [0.29, 0.717) is 6.42 Å². The molecule has 160 valence electrons. The van der Waals surface area contributed by atoms with Crippen molar-refractivity contribution in [2.45, 2.75) is 48.4 Å². The minimum absolute atomic E-state index is 0.137. The Balaban J connectivity index is 2.28. The Bertz CT molecular complexity index is 676. The molecule has 1 fully saturated rings.